The van der Waals surface area contributed by atoms with Gasteiger partial charge in [-0.05, 0) is 12.1 Å². The maximum absolute atomic E-state index is 12.9. The van der Waals surface area contributed by atoms with E-state index in [0.29, 0.717) is 25.5 Å². The Balaban J connectivity index is 2.22. The molecule has 2 heterocycles. The van der Waals surface area contributed by atoms with Crippen LogP contribution in [0.2, 0.25) is 0 Å². The lowest BCUT2D eigenvalue weighted by molar-refractivity contribution is 0.0171. The van der Waals surface area contributed by atoms with Crippen LogP contribution in [-0.4, -0.2) is 30.5 Å². The van der Waals surface area contributed by atoms with Gasteiger partial charge in [0.25, 0.3) is 5.92 Å². The molecule has 1 aromatic heterocycles. The molecule has 0 unspecified atom stereocenters. The van der Waals surface area contributed by atoms with Gasteiger partial charge in [0.15, 0.2) is 0 Å². The van der Waals surface area contributed by atoms with Crippen molar-refractivity contribution >= 4 is 5.71 Å². The number of aliphatic imine (C=N–C) groups is 1. The molecule has 5 heteroatoms. The van der Waals surface area contributed by atoms with Crippen LogP contribution in [-0.2, 0) is 10.7 Å². The van der Waals surface area contributed by atoms with E-state index in [4.69, 9.17) is 4.74 Å². The molecule has 0 spiro atoms. The van der Waals surface area contributed by atoms with E-state index < -0.39 is 5.92 Å². The van der Waals surface area contributed by atoms with Crippen molar-refractivity contribution < 1.29 is 13.5 Å². The van der Waals surface area contributed by atoms with E-state index in [1.54, 1.807) is 6.07 Å². The number of aromatic nitrogens is 1. The van der Waals surface area contributed by atoms with Gasteiger partial charge in [-0.3, -0.25) is 9.98 Å². The maximum Gasteiger partial charge on any atom is 0.272 e. The Hall–Kier alpha value is -1.36. The third kappa shape index (κ3) is 2.41. The van der Waals surface area contributed by atoms with Crippen molar-refractivity contribution in [2.24, 2.45) is 4.99 Å². The summed E-state index contributed by atoms with van der Waals surface area (Å²) in [6, 6.07) is 2.93. The van der Waals surface area contributed by atoms with E-state index in [-0.39, 0.29) is 5.56 Å². The first-order valence-corrected chi connectivity index (χ1v) is 5.03. The van der Waals surface area contributed by atoms with Crippen LogP contribution >= 0.6 is 0 Å². The fraction of sp³-hybridized carbons (Fsp3) is 0.455. The summed E-state index contributed by atoms with van der Waals surface area (Å²) in [6.45, 7) is 2.46. The van der Waals surface area contributed by atoms with Gasteiger partial charge in [0.2, 0.25) is 0 Å². The fourth-order valence-corrected chi connectivity index (χ4v) is 1.44. The predicted molar refractivity (Wildman–Crippen MR) is 56.0 cm³/mol. The van der Waals surface area contributed by atoms with Crippen molar-refractivity contribution in [3.05, 3.63) is 29.6 Å². The number of hydrogen-bond acceptors (Lipinski definition) is 3. The zero-order valence-electron chi connectivity index (χ0n) is 8.91. The predicted octanol–water partition coefficient (Wildman–Crippen LogP) is 2.01. The minimum absolute atomic E-state index is 0.0893. The van der Waals surface area contributed by atoms with Crippen LogP contribution < -0.4 is 0 Å². The summed E-state index contributed by atoms with van der Waals surface area (Å²) in [5, 5.41) is 0. The van der Waals surface area contributed by atoms with E-state index in [1.807, 2.05) is 0 Å². The minimum atomic E-state index is -2.85. The molecule has 0 atom stereocenters. The number of alkyl halides is 2. The third-order valence-corrected chi connectivity index (χ3v) is 2.34. The van der Waals surface area contributed by atoms with Gasteiger partial charge in [0.05, 0.1) is 31.2 Å². The monoisotopic (exact) mass is 226 g/mol. The summed E-state index contributed by atoms with van der Waals surface area (Å²) in [5.74, 6) is -2.85. The van der Waals surface area contributed by atoms with E-state index >= 15 is 0 Å². The Morgan fingerprint density at radius 2 is 2.19 bits per heavy atom. The topological polar surface area (TPSA) is 34.5 Å². The summed E-state index contributed by atoms with van der Waals surface area (Å²) < 4.78 is 31.1. The lowest BCUT2D eigenvalue weighted by atomic mass is 10.1. The molecule has 0 amide bonds. The molecule has 0 saturated carbocycles. The average molecular weight is 226 g/mol. The van der Waals surface area contributed by atoms with E-state index in [2.05, 4.69) is 9.98 Å². The first kappa shape index (κ1) is 11.1. The molecule has 0 saturated heterocycles. The Morgan fingerprint density at radius 3 is 2.69 bits per heavy atom. The summed E-state index contributed by atoms with van der Waals surface area (Å²) in [4.78, 5) is 8.21. The van der Waals surface area contributed by atoms with Crippen molar-refractivity contribution in [1.29, 1.82) is 0 Å². The molecule has 1 aromatic rings. The van der Waals surface area contributed by atoms with Crippen LogP contribution in [0.15, 0.2) is 23.3 Å². The maximum atomic E-state index is 12.9. The Bertz CT molecular complexity index is 395. The summed E-state index contributed by atoms with van der Waals surface area (Å²) in [7, 11) is 0. The van der Waals surface area contributed by atoms with Crippen LogP contribution in [0.3, 0.4) is 0 Å². The van der Waals surface area contributed by atoms with Gasteiger partial charge in [0, 0.05) is 18.7 Å². The Kier molecular flexibility index (Phi) is 2.96. The van der Waals surface area contributed by atoms with Gasteiger partial charge in [-0.2, -0.15) is 0 Å². The minimum Gasteiger partial charge on any atom is -0.373 e. The highest BCUT2D eigenvalue weighted by atomic mass is 19.3. The van der Waals surface area contributed by atoms with E-state index in [9.17, 15) is 8.78 Å². The van der Waals surface area contributed by atoms with Gasteiger partial charge in [-0.15, -0.1) is 0 Å². The number of halogens is 2. The average Bonchev–Trinajstić information content (AvgIpc) is 2.29. The summed E-state index contributed by atoms with van der Waals surface area (Å²) >= 11 is 0. The second-order valence-corrected chi connectivity index (χ2v) is 3.70. The second-order valence-electron chi connectivity index (χ2n) is 3.70. The molecule has 1 aliphatic heterocycles. The van der Waals surface area contributed by atoms with Crippen molar-refractivity contribution in [1.82, 2.24) is 4.98 Å². The lowest BCUT2D eigenvalue weighted by Crippen LogP contribution is -2.20. The van der Waals surface area contributed by atoms with Crippen LogP contribution in [0.5, 0.6) is 0 Å². The van der Waals surface area contributed by atoms with Gasteiger partial charge >= 0.3 is 0 Å². The number of ether oxygens (including phenoxy) is 1. The van der Waals surface area contributed by atoms with Crippen molar-refractivity contribution in [2.45, 2.75) is 12.8 Å². The van der Waals surface area contributed by atoms with Crippen molar-refractivity contribution in [3.8, 4) is 0 Å². The van der Waals surface area contributed by atoms with E-state index in [1.165, 1.54) is 12.3 Å². The standard InChI is InChI=1S/C11H12F2N2O/c1-11(12,13)8-2-3-9(15-6-8)10-7-16-5-4-14-10/h2-3,6H,4-5,7H2,1H3. The first-order chi connectivity index (χ1) is 7.57. The fourth-order valence-electron chi connectivity index (χ4n) is 1.44. The number of rotatable bonds is 2. The molecule has 0 aromatic carbocycles. The highest BCUT2D eigenvalue weighted by Gasteiger charge is 2.24. The summed E-state index contributed by atoms with van der Waals surface area (Å²) in [5.41, 5.74) is 1.23. The molecule has 0 radical (unpaired) electrons. The quantitative estimate of drug-likeness (QED) is 0.773. The van der Waals surface area contributed by atoms with Gasteiger partial charge in [0.1, 0.15) is 0 Å². The molecular formula is C11H12F2N2O. The molecule has 86 valence electrons. The molecule has 16 heavy (non-hydrogen) atoms. The van der Waals surface area contributed by atoms with Gasteiger partial charge < -0.3 is 4.74 Å². The number of hydrogen-bond donors (Lipinski definition) is 0. The Morgan fingerprint density at radius 1 is 1.38 bits per heavy atom. The van der Waals surface area contributed by atoms with Crippen LogP contribution in [0, 0.1) is 0 Å². The third-order valence-electron chi connectivity index (χ3n) is 2.34. The largest absolute Gasteiger partial charge is 0.373 e. The molecule has 1 aliphatic rings. The number of nitrogens with zero attached hydrogens (tertiary/aromatic N) is 2. The van der Waals surface area contributed by atoms with Crippen LogP contribution in [0.4, 0.5) is 8.78 Å². The van der Waals surface area contributed by atoms with Crippen LogP contribution in [0.25, 0.3) is 0 Å². The Labute approximate surface area is 92.2 Å². The van der Waals surface area contributed by atoms with Gasteiger partial charge in [-0.25, -0.2) is 8.78 Å². The molecule has 0 fully saturated rings. The van der Waals surface area contributed by atoms with Crippen molar-refractivity contribution in [2.75, 3.05) is 19.8 Å². The van der Waals surface area contributed by atoms with Crippen LogP contribution in [0.1, 0.15) is 18.2 Å². The van der Waals surface area contributed by atoms with E-state index in [0.717, 1.165) is 12.6 Å². The molecule has 0 aliphatic carbocycles. The zero-order chi connectivity index (χ0) is 11.6. The lowest BCUT2D eigenvalue weighted by Gasteiger charge is -2.14. The molecule has 0 bridgehead atoms. The smallest absolute Gasteiger partial charge is 0.272 e. The molecule has 3 nitrogen and oxygen atoms in total. The molecule has 0 N–H and O–H groups in total. The highest BCUT2D eigenvalue weighted by Crippen LogP contribution is 2.25. The van der Waals surface area contributed by atoms with Crippen molar-refractivity contribution in [3.63, 3.8) is 0 Å². The molecule has 2 rings (SSSR count). The number of pyridine rings is 1. The normalized spacial score (nSPS) is 17.1. The zero-order valence-corrected chi connectivity index (χ0v) is 8.91. The SMILES string of the molecule is CC(F)(F)c1ccc(C2=NCCOC2)nc1. The summed E-state index contributed by atoms with van der Waals surface area (Å²) in [6.07, 6.45) is 1.19. The second kappa shape index (κ2) is 4.25. The van der Waals surface area contributed by atoms with Gasteiger partial charge in [-0.1, -0.05) is 0 Å². The molecular weight excluding hydrogens is 214 g/mol. The highest BCUT2D eigenvalue weighted by molar-refractivity contribution is 6.00. The first-order valence-electron chi connectivity index (χ1n) is 5.03.